The zero-order valence-corrected chi connectivity index (χ0v) is 5.61. The van der Waals surface area contributed by atoms with Crippen LogP contribution >= 0.6 is 0 Å². The van der Waals surface area contributed by atoms with E-state index in [0.717, 1.165) is 5.57 Å². The first-order chi connectivity index (χ1) is 4.04. The van der Waals surface area contributed by atoms with Gasteiger partial charge in [-0.2, -0.15) is 0 Å². The third-order valence-corrected chi connectivity index (χ3v) is 0.991. The maximum absolute atomic E-state index is 10.2. The molecule has 50 valence electrons. The number of hydrogen-bond donors (Lipinski definition) is 1. The van der Waals surface area contributed by atoms with Gasteiger partial charge in [-0.05, 0) is 12.5 Å². The Labute approximate surface area is 55.1 Å². The Hall–Kier alpha value is -1.05. The first kappa shape index (κ1) is 7.95. The molecule has 0 unspecified atom stereocenters. The Kier molecular flexibility index (Phi) is 2.71. The van der Waals surface area contributed by atoms with E-state index in [0.29, 0.717) is 5.57 Å². The lowest BCUT2D eigenvalue weighted by molar-refractivity contribution is -0.117. The van der Waals surface area contributed by atoms with Crippen LogP contribution in [0.4, 0.5) is 0 Å². The summed E-state index contributed by atoms with van der Waals surface area (Å²) < 4.78 is 0. The normalized spacial score (nSPS) is 8.56. The molecular formula is C7H11NO. The van der Waals surface area contributed by atoms with E-state index in [1.165, 1.54) is 0 Å². The Balaban J connectivity index is 3.79. The van der Waals surface area contributed by atoms with Crippen molar-refractivity contribution in [2.24, 2.45) is 5.73 Å². The molecule has 9 heavy (non-hydrogen) atoms. The highest BCUT2D eigenvalue weighted by Crippen LogP contribution is 2.06. The van der Waals surface area contributed by atoms with E-state index in [2.05, 4.69) is 13.2 Å². The molecule has 0 rings (SSSR count). The molecule has 0 aliphatic carbocycles. The Bertz CT molecular complexity index is 158. The molecule has 0 aliphatic rings. The summed E-state index contributed by atoms with van der Waals surface area (Å²) in [6, 6.07) is 0. The van der Waals surface area contributed by atoms with Gasteiger partial charge in [0.05, 0.1) is 6.42 Å². The molecule has 0 atom stereocenters. The fourth-order valence-corrected chi connectivity index (χ4v) is 0.361. The van der Waals surface area contributed by atoms with Gasteiger partial charge in [-0.3, -0.25) is 4.79 Å². The Morgan fingerprint density at radius 3 is 2.11 bits per heavy atom. The number of carbonyl (C=O) groups excluding carboxylic acids is 1. The number of amides is 1. The minimum atomic E-state index is -0.358. The van der Waals surface area contributed by atoms with Crippen LogP contribution in [0.15, 0.2) is 24.3 Å². The van der Waals surface area contributed by atoms with E-state index in [1.807, 2.05) is 0 Å². The van der Waals surface area contributed by atoms with Crippen LogP contribution in [0.25, 0.3) is 0 Å². The second-order valence-corrected chi connectivity index (χ2v) is 2.03. The van der Waals surface area contributed by atoms with Crippen LogP contribution in [0, 0.1) is 0 Å². The van der Waals surface area contributed by atoms with Gasteiger partial charge in [0.25, 0.3) is 0 Å². The van der Waals surface area contributed by atoms with E-state index in [-0.39, 0.29) is 12.3 Å². The van der Waals surface area contributed by atoms with Crippen LogP contribution in [-0.2, 0) is 4.79 Å². The number of hydrogen-bond acceptors (Lipinski definition) is 1. The highest BCUT2D eigenvalue weighted by Gasteiger charge is 1.97. The quantitative estimate of drug-likeness (QED) is 0.562. The zero-order valence-electron chi connectivity index (χ0n) is 5.61. The van der Waals surface area contributed by atoms with Gasteiger partial charge >= 0.3 is 0 Å². The highest BCUT2D eigenvalue weighted by atomic mass is 16.1. The molecule has 2 N–H and O–H groups in total. The Morgan fingerprint density at radius 1 is 1.56 bits per heavy atom. The predicted octanol–water partition coefficient (Wildman–Crippen LogP) is 0.994. The maximum atomic E-state index is 10.2. The second-order valence-electron chi connectivity index (χ2n) is 2.03. The molecule has 0 saturated heterocycles. The lowest BCUT2D eigenvalue weighted by Crippen LogP contribution is -2.10. The minimum Gasteiger partial charge on any atom is -0.369 e. The number of carbonyl (C=O) groups is 1. The molecule has 0 aromatic heterocycles. The number of primary amides is 1. The molecule has 0 aliphatic heterocycles. The fraction of sp³-hybridized carbons (Fsp3) is 0.286. The number of nitrogens with two attached hydrogens (primary N) is 1. The number of allylic oxidation sites excluding steroid dienone is 1. The van der Waals surface area contributed by atoms with Crippen molar-refractivity contribution in [3.8, 4) is 0 Å². The summed E-state index contributed by atoms with van der Waals surface area (Å²) in [5.74, 6) is -0.358. The van der Waals surface area contributed by atoms with Gasteiger partial charge < -0.3 is 5.73 Å². The van der Waals surface area contributed by atoms with Crippen LogP contribution in [0.1, 0.15) is 13.3 Å². The van der Waals surface area contributed by atoms with Crippen molar-refractivity contribution in [3.63, 3.8) is 0 Å². The molecule has 0 bridgehead atoms. The summed E-state index contributed by atoms with van der Waals surface area (Å²) >= 11 is 0. The van der Waals surface area contributed by atoms with E-state index in [9.17, 15) is 4.79 Å². The van der Waals surface area contributed by atoms with Crippen LogP contribution in [0.5, 0.6) is 0 Å². The zero-order chi connectivity index (χ0) is 7.44. The van der Waals surface area contributed by atoms with E-state index in [1.54, 1.807) is 6.92 Å². The van der Waals surface area contributed by atoms with Crippen LogP contribution < -0.4 is 5.73 Å². The van der Waals surface area contributed by atoms with Crippen molar-refractivity contribution in [1.29, 1.82) is 0 Å². The highest BCUT2D eigenvalue weighted by molar-refractivity contribution is 5.77. The topological polar surface area (TPSA) is 43.1 Å². The van der Waals surface area contributed by atoms with E-state index < -0.39 is 0 Å². The van der Waals surface area contributed by atoms with Crippen LogP contribution in [0.3, 0.4) is 0 Å². The van der Waals surface area contributed by atoms with Gasteiger partial charge in [0, 0.05) is 0 Å². The molecule has 2 nitrogen and oxygen atoms in total. The van der Waals surface area contributed by atoms with Crippen molar-refractivity contribution in [2.75, 3.05) is 0 Å². The van der Waals surface area contributed by atoms with Crippen LogP contribution in [-0.4, -0.2) is 5.91 Å². The SMILES string of the molecule is C=C(C)C(=C)CC(N)=O. The largest absolute Gasteiger partial charge is 0.369 e. The molecule has 0 fully saturated rings. The van der Waals surface area contributed by atoms with Gasteiger partial charge in [0.1, 0.15) is 0 Å². The molecule has 0 aromatic rings. The van der Waals surface area contributed by atoms with Crippen LogP contribution in [0.2, 0.25) is 0 Å². The van der Waals surface area contributed by atoms with Crippen molar-refractivity contribution >= 4 is 5.91 Å². The predicted molar refractivity (Wildman–Crippen MR) is 37.8 cm³/mol. The maximum Gasteiger partial charge on any atom is 0.221 e. The van der Waals surface area contributed by atoms with Gasteiger partial charge in [0.2, 0.25) is 5.91 Å². The third-order valence-electron chi connectivity index (χ3n) is 0.991. The second kappa shape index (κ2) is 3.07. The number of rotatable bonds is 3. The molecule has 0 saturated carbocycles. The molecule has 0 radical (unpaired) electrons. The molecule has 0 spiro atoms. The third kappa shape index (κ3) is 3.53. The summed E-state index contributed by atoms with van der Waals surface area (Å²) in [7, 11) is 0. The first-order valence-corrected chi connectivity index (χ1v) is 2.66. The average molecular weight is 125 g/mol. The van der Waals surface area contributed by atoms with Gasteiger partial charge in [-0.15, -0.1) is 0 Å². The fourth-order valence-electron chi connectivity index (χ4n) is 0.361. The summed E-state index contributed by atoms with van der Waals surface area (Å²) in [4.78, 5) is 10.2. The standard InChI is InChI=1S/C7H11NO/c1-5(2)6(3)4-7(8)9/h1,3-4H2,2H3,(H2,8,9). The smallest absolute Gasteiger partial charge is 0.221 e. The van der Waals surface area contributed by atoms with Gasteiger partial charge in [-0.1, -0.05) is 18.7 Å². The molecular weight excluding hydrogens is 114 g/mol. The summed E-state index contributed by atoms with van der Waals surface area (Å²) in [6.07, 6.45) is 0.218. The van der Waals surface area contributed by atoms with Gasteiger partial charge in [0.15, 0.2) is 0 Å². The molecule has 1 amide bonds. The molecule has 2 heteroatoms. The molecule has 0 heterocycles. The summed E-state index contributed by atoms with van der Waals surface area (Å²) in [5.41, 5.74) is 6.41. The van der Waals surface area contributed by atoms with Crippen molar-refractivity contribution < 1.29 is 4.79 Å². The Morgan fingerprint density at radius 2 is 2.00 bits per heavy atom. The lowest BCUT2D eigenvalue weighted by Gasteiger charge is -1.98. The molecule has 0 aromatic carbocycles. The van der Waals surface area contributed by atoms with Gasteiger partial charge in [-0.25, -0.2) is 0 Å². The monoisotopic (exact) mass is 125 g/mol. The van der Waals surface area contributed by atoms with Crippen molar-refractivity contribution in [2.45, 2.75) is 13.3 Å². The van der Waals surface area contributed by atoms with E-state index in [4.69, 9.17) is 5.73 Å². The van der Waals surface area contributed by atoms with Crippen molar-refractivity contribution in [3.05, 3.63) is 24.3 Å². The lowest BCUT2D eigenvalue weighted by atomic mass is 10.1. The summed E-state index contributed by atoms with van der Waals surface area (Å²) in [5, 5.41) is 0. The average Bonchev–Trinajstić information content (AvgIpc) is 1.63. The first-order valence-electron chi connectivity index (χ1n) is 2.66. The summed E-state index contributed by atoms with van der Waals surface area (Å²) in [6.45, 7) is 8.99. The minimum absolute atomic E-state index is 0.218. The van der Waals surface area contributed by atoms with E-state index >= 15 is 0 Å². The van der Waals surface area contributed by atoms with Crippen molar-refractivity contribution in [1.82, 2.24) is 0 Å².